The van der Waals surface area contributed by atoms with Gasteiger partial charge in [-0.05, 0) is 38.0 Å². The minimum absolute atomic E-state index is 0.0513. The summed E-state index contributed by atoms with van der Waals surface area (Å²) in [6, 6.07) is 14.5. The highest BCUT2D eigenvalue weighted by Crippen LogP contribution is 2.11. The Bertz CT molecular complexity index is 927. The predicted molar refractivity (Wildman–Crippen MR) is 109 cm³/mol. The van der Waals surface area contributed by atoms with Gasteiger partial charge in [-0.2, -0.15) is 4.72 Å². The maximum absolute atomic E-state index is 12.4. The van der Waals surface area contributed by atoms with Crippen LogP contribution in [0.15, 0.2) is 59.5 Å². The first-order chi connectivity index (χ1) is 13.7. The highest BCUT2D eigenvalue weighted by Gasteiger charge is 2.27. The number of esters is 1. The molecule has 156 valence electrons. The van der Waals surface area contributed by atoms with E-state index in [4.69, 9.17) is 4.74 Å². The van der Waals surface area contributed by atoms with Gasteiger partial charge < -0.3 is 10.1 Å². The molecule has 0 radical (unpaired) electrons. The molecule has 0 heterocycles. The van der Waals surface area contributed by atoms with E-state index in [2.05, 4.69) is 10.0 Å². The molecule has 0 saturated heterocycles. The Morgan fingerprint density at radius 1 is 1.03 bits per heavy atom. The summed E-state index contributed by atoms with van der Waals surface area (Å²) >= 11 is 0. The van der Waals surface area contributed by atoms with Gasteiger partial charge in [0, 0.05) is 6.54 Å². The number of hydrogen-bond donors (Lipinski definition) is 2. The third kappa shape index (κ3) is 6.69. The molecule has 0 saturated carbocycles. The van der Waals surface area contributed by atoms with E-state index >= 15 is 0 Å². The summed E-state index contributed by atoms with van der Waals surface area (Å²) in [6.45, 7) is 5.24. The van der Waals surface area contributed by atoms with Crippen molar-refractivity contribution < 1.29 is 22.7 Å². The monoisotopic (exact) mass is 418 g/mol. The Balaban J connectivity index is 1.93. The summed E-state index contributed by atoms with van der Waals surface area (Å²) in [5, 5.41) is 2.72. The van der Waals surface area contributed by atoms with E-state index in [0.717, 1.165) is 11.1 Å². The number of aryl methyl sites for hydroxylation is 1. The molecule has 0 aliphatic rings. The van der Waals surface area contributed by atoms with Crippen molar-refractivity contribution in [2.75, 3.05) is 0 Å². The lowest BCUT2D eigenvalue weighted by atomic mass is 10.2. The van der Waals surface area contributed by atoms with Crippen molar-refractivity contribution >= 4 is 21.9 Å². The molecule has 0 spiro atoms. The summed E-state index contributed by atoms with van der Waals surface area (Å²) in [4.78, 5) is 24.7. The summed E-state index contributed by atoms with van der Waals surface area (Å²) < 4.78 is 32.3. The van der Waals surface area contributed by atoms with Gasteiger partial charge in [0.1, 0.15) is 6.04 Å². The first kappa shape index (κ1) is 22.6. The molecular weight excluding hydrogens is 392 g/mol. The zero-order chi connectivity index (χ0) is 21.4. The maximum atomic E-state index is 12.4. The molecule has 2 N–H and O–H groups in total. The van der Waals surface area contributed by atoms with Crippen LogP contribution in [-0.2, 0) is 30.9 Å². The molecule has 2 rings (SSSR count). The molecule has 0 aliphatic heterocycles. The molecule has 29 heavy (non-hydrogen) atoms. The molecule has 2 aromatic rings. The van der Waals surface area contributed by atoms with E-state index in [1.165, 1.54) is 19.1 Å². The lowest BCUT2D eigenvalue weighted by Crippen LogP contribution is -2.44. The summed E-state index contributed by atoms with van der Waals surface area (Å²) in [5.41, 5.74) is 1.84. The zero-order valence-electron chi connectivity index (χ0n) is 16.7. The van der Waals surface area contributed by atoms with Crippen molar-refractivity contribution in [1.29, 1.82) is 0 Å². The fourth-order valence-electron chi connectivity index (χ4n) is 2.53. The van der Waals surface area contributed by atoms with Crippen molar-refractivity contribution in [3.63, 3.8) is 0 Å². The molecule has 8 heteroatoms. The second-order valence-electron chi connectivity index (χ2n) is 6.69. The largest absolute Gasteiger partial charge is 0.451 e. The number of benzene rings is 2. The van der Waals surface area contributed by atoms with Crippen molar-refractivity contribution in [2.24, 2.45) is 0 Å². The summed E-state index contributed by atoms with van der Waals surface area (Å²) in [7, 11) is -3.88. The van der Waals surface area contributed by atoms with E-state index in [9.17, 15) is 18.0 Å². The van der Waals surface area contributed by atoms with Gasteiger partial charge in [0.2, 0.25) is 10.0 Å². The maximum Gasteiger partial charge on any atom is 0.324 e. The minimum Gasteiger partial charge on any atom is -0.451 e. The van der Waals surface area contributed by atoms with Crippen LogP contribution in [0.25, 0.3) is 0 Å². The molecule has 1 unspecified atom stereocenters. The van der Waals surface area contributed by atoms with Gasteiger partial charge >= 0.3 is 5.97 Å². The molecule has 2 atom stereocenters. The predicted octanol–water partition coefficient (Wildman–Crippen LogP) is 2.30. The Morgan fingerprint density at radius 3 is 2.24 bits per heavy atom. The van der Waals surface area contributed by atoms with Crippen LogP contribution < -0.4 is 10.0 Å². The number of hydrogen-bond acceptors (Lipinski definition) is 5. The second-order valence-corrected chi connectivity index (χ2v) is 8.41. The first-order valence-electron chi connectivity index (χ1n) is 9.34. The molecule has 1 amide bonds. The van der Waals surface area contributed by atoms with Crippen LogP contribution in [0.4, 0.5) is 0 Å². The number of nitrogens with one attached hydrogen (secondary N) is 2. The first-order valence-corrected chi connectivity index (χ1v) is 10.8. The molecule has 2 aromatic carbocycles. The number of ether oxygens (including phenoxy) is 1. The Hall–Kier alpha value is -2.71. The van der Waals surface area contributed by atoms with E-state index in [-0.39, 0.29) is 11.3 Å². The van der Waals surface area contributed by atoms with E-state index < -0.39 is 34.0 Å². The van der Waals surface area contributed by atoms with Crippen LogP contribution >= 0.6 is 0 Å². The van der Waals surface area contributed by atoms with Crippen LogP contribution in [0.2, 0.25) is 0 Å². The number of carbonyl (C=O) groups excluding carboxylic acids is 2. The van der Waals surface area contributed by atoms with E-state index in [0.29, 0.717) is 6.54 Å². The van der Waals surface area contributed by atoms with E-state index in [1.54, 1.807) is 19.1 Å². The standard InChI is InChI=1S/C21H26N2O5S/c1-4-19(20(24)22-14-17-8-6-5-7-9-17)28-21(25)16(3)23-29(26,27)18-12-10-15(2)11-13-18/h5-13,16,19,23H,4,14H2,1-3H3,(H,22,24)/t16-,19?/m0/s1. The lowest BCUT2D eigenvalue weighted by Gasteiger charge is -2.19. The molecule has 7 nitrogen and oxygen atoms in total. The number of sulfonamides is 1. The third-order valence-corrected chi connectivity index (χ3v) is 5.80. The van der Waals surface area contributed by atoms with Gasteiger partial charge in [0.15, 0.2) is 6.10 Å². The van der Waals surface area contributed by atoms with E-state index in [1.807, 2.05) is 37.3 Å². The Morgan fingerprint density at radius 2 is 1.66 bits per heavy atom. The van der Waals surface area contributed by atoms with Gasteiger partial charge in [0.25, 0.3) is 5.91 Å². The second kappa shape index (κ2) is 10.2. The van der Waals surface area contributed by atoms with Crippen molar-refractivity contribution in [3.8, 4) is 0 Å². The van der Waals surface area contributed by atoms with Gasteiger partial charge in [-0.15, -0.1) is 0 Å². The summed E-state index contributed by atoms with van der Waals surface area (Å²) in [6.07, 6.45) is -0.735. The van der Waals surface area contributed by atoms with Crippen molar-refractivity contribution in [1.82, 2.24) is 10.0 Å². The fourth-order valence-corrected chi connectivity index (χ4v) is 3.72. The Kier molecular flexibility index (Phi) is 7.92. The lowest BCUT2D eigenvalue weighted by molar-refractivity contribution is -0.157. The smallest absolute Gasteiger partial charge is 0.324 e. The fraction of sp³-hybridized carbons (Fsp3) is 0.333. The molecule has 0 fully saturated rings. The van der Waals surface area contributed by atoms with Crippen LogP contribution in [0.5, 0.6) is 0 Å². The van der Waals surface area contributed by atoms with Crippen LogP contribution in [0, 0.1) is 6.92 Å². The minimum atomic E-state index is -3.88. The van der Waals surface area contributed by atoms with Crippen molar-refractivity contribution in [2.45, 2.75) is 50.8 Å². The quantitative estimate of drug-likeness (QED) is 0.609. The average Bonchev–Trinajstić information content (AvgIpc) is 2.70. The van der Waals surface area contributed by atoms with Crippen LogP contribution in [-0.4, -0.2) is 32.4 Å². The number of amides is 1. The normalized spacial score (nSPS) is 13.3. The van der Waals surface area contributed by atoms with Crippen LogP contribution in [0.3, 0.4) is 0 Å². The third-order valence-electron chi connectivity index (χ3n) is 4.25. The van der Waals surface area contributed by atoms with Crippen molar-refractivity contribution in [3.05, 3.63) is 65.7 Å². The van der Waals surface area contributed by atoms with Gasteiger partial charge in [-0.25, -0.2) is 8.42 Å². The van der Waals surface area contributed by atoms with Gasteiger partial charge in [0.05, 0.1) is 4.90 Å². The molecule has 0 bridgehead atoms. The number of rotatable bonds is 9. The molecule has 0 aliphatic carbocycles. The Labute approximate surface area is 171 Å². The van der Waals surface area contributed by atoms with Crippen LogP contribution in [0.1, 0.15) is 31.4 Å². The molecule has 0 aromatic heterocycles. The van der Waals surface area contributed by atoms with Gasteiger partial charge in [-0.3, -0.25) is 9.59 Å². The summed E-state index contributed by atoms with van der Waals surface area (Å²) in [5.74, 6) is -1.25. The highest BCUT2D eigenvalue weighted by molar-refractivity contribution is 7.89. The molecular formula is C21H26N2O5S. The SMILES string of the molecule is CCC(OC(=O)[C@H](C)NS(=O)(=O)c1ccc(C)cc1)C(=O)NCc1ccccc1. The zero-order valence-corrected chi connectivity index (χ0v) is 17.5. The number of carbonyl (C=O) groups is 2. The topological polar surface area (TPSA) is 102 Å². The average molecular weight is 419 g/mol. The highest BCUT2D eigenvalue weighted by atomic mass is 32.2. The van der Waals surface area contributed by atoms with Gasteiger partial charge in [-0.1, -0.05) is 55.0 Å².